The van der Waals surface area contributed by atoms with Crippen LogP contribution in [0.4, 0.5) is 18.9 Å². The second kappa shape index (κ2) is 7.32. The highest BCUT2D eigenvalue weighted by Gasteiger charge is 2.30. The second-order valence-electron chi connectivity index (χ2n) is 5.57. The fourth-order valence-corrected chi connectivity index (χ4v) is 2.41. The van der Waals surface area contributed by atoms with Gasteiger partial charge in [0.1, 0.15) is 10.8 Å². The van der Waals surface area contributed by atoms with E-state index in [9.17, 15) is 18.0 Å². The molecule has 2 aromatic heterocycles. The summed E-state index contributed by atoms with van der Waals surface area (Å²) in [6.07, 6.45) is -0.316. The summed E-state index contributed by atoms with van der Waals surface area (Å²) in [5.41, 5.74) is 0.496. The molecule has 1 aromatic carbocycles. The van der Waals surface area contributed by atoms with Crippen LogP contribution in [-0.4, -0.2) is 27.9 Å². The van der Waals surface area contributed by atoms with Crippen molar-refractivity contribution in [2.75, 3.05) is 11.9 Å². The van der Waals surface area contributed by atoms with E-state index in [1.165, 1.54) is 35.6 Å². The minimum Gasteiger partial charge on any atom is -0.309 e. The minimum atomic E-state index is -4.42. The molecule has 0 aliphatic heterocycles. The monoisotopic (exact) mass is 392 g/mol. The highest BCUT2D eigenvalue weighted by atomic mass is 35.5. The molecule has 138 valence electrons. The number of halogens is 4. The summed E-state index contributed by atoms with van der Waals surface area (Å²) in [5.74, 6) is -0.444. The van der Waals surface area contributed by atoms with Crippen molar-refractivity contribution in [2.45, 2.75) is 6.18 Å². The van der Waals surface area contributed by atoms with Crippen LogP contribution < -0.4 is 4.90 Å². The molecule has 3 rings (SSSR count). The van der Waals surface area contributed by atoms with Gasteiger partial charge in [-0.05, 0) is 24.3 Å². The van der Waals surface area contributed by atoms with Crippen LogP contribution >= 0.6 is 11.6 Å². The first-order valence-corrected chi connectivity index (χ1v) is 8.03. The summed E-state index contributed by atoms with van der Waals surface area (Å²) in [6, 6.07) is 7.65. The van der Waals surface area contributed by atoms with Crippen molar-refractivity contribution < 1.29 is 18.0 Å². The molecule has 0 atom stereocenters. The number of pyridine rings is 1. The maximum absolute atomic E-state index is 12.7. The molecule has 0 aliphatic rings. The lowest BCUT2D eigenvalue weighted by molar-refractivity contribution is -0.137. The van der Waals surface area contributed by atoms with Gasteiger partial charge in [-0.3, -0.25) is 9.78 Å². The Morgan fingerprint density at radius 1 is 1.04 bits per heavy atom. The molecule has 0 fully saturated rings. The zero-order chi connectivity index (χ0) is 19.6. The SMILES string of the molecule is CN(C(=O)c1cncc(-c2ccc(C(F)(F)F)cc2)n1)c1ccc(Cl)nc1. The van der Waals surface area contributed by atoms with Crippen LogP contribution in [-0.2, 0) is 6.18 Å². The number of anilines is 1. The van der Waals surface area contributed by atoms with Crippen molar-refractivity contribution in [3.63, 3.8) is 0 Å². The van der Waals surface area contributed by atoms with E-state index in [1.54, 1.807) is 19.2 Å². The van der Waals surface area contributed by atoms with Gasteiger partial charge in [0.25, 0.3) is 5.91 Å². The Kier molecular flexibility index (Phi) is 5.09. The molecule has 1 amide bonds. The summed E-state index contributed by atoms with van der Waals surface area (Å²) >= 11 is 5.73. The van der Waals surface area contributed by atoms with E-state index in [-0.39, 0.29) is 11.4 Å². The van der Waals surface area contributed by atoms with Crippen LogP contribution in [0.15, 0.2) is 55.0 Å². The van der Waals surface area contributed by atoms with Crippen molar-refractivity contribution in [3.8, 4) is 11.3 Å². The van der Waals surface area contributed by atoms with Gasteiger partial charge in [0, 0.05) is 12.6 Å². The Morgan fingerprint density at radius 3 is 2.33 bits per heavy atom. The molecule has 5 nitrogen and oxygen atoms in total. The smallest absolute Gasteiger partial charge is 0.309 e. The van der Waals surface area contributed by atoms with Crippen LogP contribution in [0, 0.1) is 0 Å². The third-order valence-corrected chi connectivity index (χ3v) is 3.99. The first-order chi connectivity index (χ1) is 12.8. The normalized spacial score (nSPS) is 11.3. The summed E-state index contributed by atoms with van der Waals surface area (Å²) in [4.78, 5) is 26.0. The molecule has 0 spiro atoms. The number of amides is 1. The number of hydrogen-bond acceptors (Lipinski definition) is 4. The molecule has 27 heavy (non-hydrogen) atoms. The molecule has 0 aliphatic carbocycles. The van der Waals surface area contributed by atoms with Crippen molar-refractivity contribution in [1.29, 1.82) is 0 Å². The van der Waals surface area contributed by atoms with Gasteiger partial charge in [-0.2, -0.15) is 13.2 Å². The van der Waals surface area contributed by atoms with Crippen molar-refractivity contribution in [3.05, 3.63) is 71.4 Å². The standard InChI is InChI=1S/C18H12ClF3N4O/c1-26(13-6-7-16(19)24-8-13)17(27)15-10-23-9-14(25-15)11-2-4-12(5-3-11)18(20,21)22/h2-10H,1H3. The third-order valence-electron chi connectivity index (χ3n) is 3.77. The van der Waals surface area contributed by atoms with Gasteiger partial charge >= 0.3 is 6.18 Å². The second-order valence-corrected chi connectivity index (χ2v) is 5.96. The van der Waals surface area contributed by atoms with Gasteiger partial charge in [-0.25, -0.2) is 9.97 Å². The zero-order valence-corrected chi connectivity index (χ0v) is 14.7. The van der Waals surface area contributed by atoms with E-state index in [4.69, 9.17) is 11.6 Å². The lowest BCUT2D eigenvalue weighted by Crippen LogP contribution is -2.27. The number of nitrogens with zero attached hydrogens (tertiary/aromatic N) is 4. The van der Waals surface area contributed by atoms with Gasteiger partial charge in [0.2, 0.25) is 0 Å². The number of benzene rings is 1. The maximum atomic E-state index is 12.7. The fraction of sp³-hybridized carbons (Fsp3) is 0.111. The van der Waals surface area contributed by atoms with Crippen LogP contribution in [0.1, 0.15) is 16.1 Å². The average molecular weight is 393 g/mol. The van der Waals surface area contributed by atoms with Gasteiger partial charge in [-0.1, -0.05) is 23.7 Å². The van der Waals surface area contributed by atoms with E-state index in [0.717, 1.165) is 12.1 Å². The van der Waals surface area contributed by atoms with Crippen LogP contribution in [0.2, 0.25) is 5.15 Å². The topological polar surface area (TPSA) is 59.0 Å². The predicted molar refractivity (Wildman–Crippen MR) is 94.5 cm³/mol. The minimum absolute atomic E-state index is 0.0462. The molecule has 0 N–H and O–H groups in total. The molecule has 0 radical (unpaired) electrons. The van der Waals surface area contributed by atoms with Gasteiger partial charge in [0.15, 0.2) is 0 Å². The lowest BCUT2D eigenvalue weighted by Gasteiger charge is -2.16. The highest BCUT2D eigenvalue weighted by molar-refractivity contribution is 6.29. The van der Waals surface area contributed by atoms with E-state index in [1.807, 2.05) is 0 Å². The zero-order valence-electron chi connectivity index (χ0n) is 13.9. The molecule has 3 aromatic rings. The van der Waals surface area contributed by atoms with Crippen molar-refractivity contribution in [2.24, 2.45) is 0 Å². The number of hydrogen-bond donors (Lipinski definition) is 0. The molecule has 0 bridgehead atoms. The Morgan fingerprint density at radius 2 is 1.74 bits per heavy atom. The van der Waals surface area contributed by atoms with E-state index in [2.05, 4.69) is 15.0 Å². The Bertz CT molecular complexity index is 960. The van der Waals surface area contributed by atoms with Crippen LogP contribution in [0.25, 0.3) is 11.3 Å². The quantitative estimate of drug-likeness (QED) is 0.616. The maximum Gasteiger partial charge on any atom is 0.416 e. The molecule has 0 unspecified atom stereocenters. The molecular weight excluding hydrogens is 381 g/mol. The number of alkyl halides is 3. The number of rotatable bonds is 3. The van der Waals surface area contributed by atoms with E-state index in [0.29, 0.717) is 16.4 Å². The van der Waals surface area contributed by atoms with E-state index < -0.39 is 17.6 Å². The summed E-state index contributed by atoms with van der Waals surface area (Å²) in [5, 5.41) is 0.295. The molecule has 0 saturated carbocycles. The fourth-order valence-electron chi connectivity index (χ4n) is 2.29. The number of aromatic nitrogens is 3. The average Bonchev–Trinajstić information content (AvgIpc) is 2.67. The van der Waals surface area contributed by atoms with Crippen LogP contribution in [0.5, 0.6) is 0 Å². The lowest BCUT2D eigenvalue weighted by atomic mass is 10.1. The first-order valence-electron chi connectivity index (χ1n) is 7.65. The Balaban J connectivity index is 1.86. The summed E-state index contributed by atoms with van der Waals surface area (Å²) < 4.78 is 38.0. The summed E-state index contributed by atoms with van der Waals surface area (Å²) in [6.45, 7) is 0. The largest absolute Gasteiger partial charge is 0.416 e. The predicted octanol–water partition coefficient (Wildman–Crippen LogP) is 4.49. The number of carbonyl (C=O) groups is 1. The van der Waals surface area contributed by atoms with Crippen LogP contribution in [0.3, 0.4) is 0 Å². The molecular formula is C18H12ClF3N4O. The van der Waals surface area contributed by atoms with Gasteiger partial charge in [-0.15, -0.1) is 0 Å². The third kappa shape index (κ3) is 4.22. The first kappa shape index (κ1) is 18.8. The van der Waals surface area contributed by atoms with Crippen molar-refractivity contribution in [1.82, 2.24) is 15.0 Å². The van der Waals surface area contributed by atoms with Gasteiger partial charge in [0.05, 0.1) is 35.5 Å². The molecule has 0 saturated heterocycles. The van der Waals surface area contributed by atoms with E-state index >= 15 is 0 Å². The molecule has 2 heterocycles. The summed E-state index contributed by atoms with van der Waals surface area (Å²) in [7, 11) is 1.54. The number of carbonyl (C=O) groups excluding carboxylic acids is 1. The van der Waals surface area contributed by atoms with Gasteiger partial charge < -0.3 is 4.90 Å². The highest BCUT2D eigenvalue weighted by Crippen LogP contribution is 2.30. The Hall–Kier alpha value is -3.00. The Labute approximate surface area is 157 Å². The molecule has 9 heteroatoms. The van der Waals surface area contributed by atoms with Crippen molar-refractivity contribution >= 4 is 23.2 Å².